The van der Waals surface area contributed by atoms with Crippen LogP contribution in [0.5, 0.6) is 11.5 Å². The number of carbonyl (C=O) groups excluding carboxylic acids is 1. The fraction of sp³-hybridized carbons (Fsp3) is 0.333. The Hall–Kier alpha value is -3.77. The van der Waals surface area contributed by atoms with Crippen LogP contribution in [0.2, 0.25) is 0 Å². The lowest BCUT2D eigenvalue weighted by Gasteiger charge is -2.26. The quantitative estimate of drug-likeness (QED) is 0.302. The average molecular weight is 554 g/mol. The number of rotatable bonds is 11. The van der Waals surface area contributed by atoms with Crippen LogP contribution in [0.4, 0.5) is 22.0 Å². The van der Waals surface area contributed by atoms with E-state index in [4.69, 9.17) is 20.3 Å². The van der Waals surface area contributed by atoms with Crippen LogP contribution in [0.15, 0.2) is 54.6 Å². The number of alkyl halides is 4. The third-order valence-electron chi connectivity index (χ3n) is 5.92. The number of nitrogens with two attached hydrogens (primary N) is 1. The van der Waals surface area contributed by atoms with E-state index in [2.05, 4.69) is 10.3 Å². The Labute approximate surface area is 221 Å². The molecule has 0 aliphatic carbocycles. The first-order valence-electron chi connectivity index (χ1n) is 11.8. The second-order valence-electron chi connectivity index (χ2n) is 8.97. The molecular formula is C27H28F5N3O4. The number of pyridine rings is 1. The molecule has 0 saturated heterocycles. The van der Waals surface area contributed by atoms with Crippen LogP contribution >= 0.6 is 0 Å². The molecule has 4 N–H and O–H groups in total. The van der Waals surface area contributed by atoms with Crippen molar-refractivity contribution in [2.45, 2.75) is 24.6 Å². The summed E-state index contributed by atoms with van der Waals surface area (Å²) in [5.41, 5.74) is 4.29. The molecule has 3 rings (SSSR count). The maximum atomic E-state index is 14.2. The number of aliphatic hydroxyl groups excluding tert-OH is 1. The lowest BCUT2D eigenvalue weighted by atomic mass is 9.90. The Morgan fingerprint density at radius 2 is 1.79 bits per heavy atom. The molecular weight excluding hydrogens is 525 g/mol. The number of amides is 1. The third-order valence-corrected chi connectivity index (χ3v) is 5.92. The highest BCUT2D eigenvalue weighted by atomic mass is 19.4. The molecule has 2 atom stereocenters. The molecule has 0 saturated carbocycles. The summed E-state index contributed by atoms with van der Waals surface area (Å²) in [4.78, 5) is 16.9. The smallest absolute Gasteiger partial charge is 0.398 e. The Morgan fingerprint density at radius 3 is 2.38 bits per heavy atom. The summed E-state index contributed by atoms with van der Waals surface area (Å²) in [5.74, 6) is -3.26. The summed E-state index contributed by atoms with van der Waals surface area (Å²) in [5, 5.41) is 11.2. The van der Waals surface area contributed by atoms with Gasteiger partial charge in [0.15, 0.2) is 11.5 Å². The van der Waals surface area contributed by atoms with E-state index in [0.29, 0.717) is 5.56 Å². The minimum atomic E-state index is -4.85. The van der Waals surface area contributed by atoms with Gasteiger partial charge in [-0.25, -0.2) is 8.78 Å². The first kappa shape index (κ1) is 29.8. The van der Waals surface area contributed by atoms with Gasteiger partial charge < -0.3 is 25.6 Å². The molecule has 12 heteroatoms. The third kappa shape index (κ3) is 7.42. The van der Waals surface area contributed by atoms with E-state index in [9.17, 15) is 26.7 Å². The van der Waals surface area contributed by atoms with Crippen LogP contribution in [0.1, 0.15) is 34.5 Å². The Kier molecular flexibility index (Phi) is 9.46. The molecule has 0 radical (unpaired) electrons. The number of ether oxygens (including phenoxy) is 2. The molecule has 39 heavy (non-hydrogen) atoms. The number of methoxy groups -OCH3 is 1. The van der Waals surface area contributed by atoms with Crippen molar-refractivity contribution in [2.75, 3.05) is 33.5 Å². The Balaban J connectivity index is 1.95. The number of aromatic nitrogens is 1. The SMILES string of the molecule is COc1cc(C(=O)NCC(c2cc(C(C)(N)CF)cc(-c3ccc(F)cc3)n2)C(F)(F)F)ccc1OCCO. The largest absolute Gasteiger partial charge is 0.493 e. The van der Waals surface area contributed by atoms with E-state index in [1.54, 1.807) is 0 Å². The average Bonchev–Trinajstić information content (AvgIpc) is 2.91. The second-order valence-corrected chi connectivity index (χ2v) is 8.97. The first-order valence-corrected chi connectivity index (χ1v) is 11.8. The minimum Gasteiger partial charge on any atom is -0.493 e. The van der Waals surface area contributed by atoms with Gasteiger partial charge in [0.25, 0.3) is 5.91 Å². The fourth-order valence-electron chi connectivity index (χ4n) is 3.67. The first-order chi connectivity index (χ1) is 18.4. The zero-order valence-electron chi connectivity index (χ0n) is 21.2. The van der Waals surface area contributed by atoms with Crippen LogP contribution in [-0.2, 0) is 5.54 Å². The van der Waals surface area contributed by atoms with Gasteiger partial charge in [0.1, 0.15) is 25.0 Å². The minimum absolute atomic E-state index is 0.00444. The predicted molar refractivity (Wildman–Crippen MR) is 134 cm³/mol. The van der Waals surface area contributed by atoms with E-state index in [1.165, 1.54) is 50.4 Å². The summed E-state index contributed by atoms with van der Waals surface area (Å²) in [6.07, 6.45) is -4.85. The van der Waals surface area contributed by atoms with Gasteiger partial charge in [-0.15, -0.1) is 0 Å². The molecule has 210 valence electrons. The zero-order chi connectivity index (χ0) is 28.8. The number of carbonyl (C=O) groups is 1. The van der Waals surface area contributed by atoms with Gasteiger partial charge in [-0.2, -0.15) is 13.2 Å². The van der Waals surface area contributed by atoms with Gasteiger partial charge >= 0.3 is 6.18 Å². The molecule has 0 spiro atoms. The summed E-state index contributed by atoms with van der Waals surface area (Å²) >= 11 is 0. The standard InChI is InChI=1S/C27H28F5N3O4/c1-26(33,15-28)18-12-21(16-3-6-19(29)7-4-16)35-22(13-18)20(27(30,31)32)14-34-25(37)17-5-8-23(39-10-9-36)24(11-17)38-2/h3-8,11-13,20,36H,9-10,14-15,33H2,1-2H3,(H,34,37). The normalized spacial score (nSPS) is 13.9. The van der Waals surface area contributed by atoms with Crippen molar-refractivity contribution in [1.82, 2.24) is 10.3 Å². The van der Waals surface area contributed by atoms with Crippen LogP contribution in [-0.4, -0.2) is 55.7 Å². The summed E-state index contributed by atoms with van der Waals surface area (Å²) in [7, 11) is 1.32. The highest BCUT2D eigenvalue weighted by molar-refractivity contribution is 5.94. The Morgan fingerprint density at radius 1 is 1.10 bits per heavy atom. The van der Waals surface area contributed by atoms with Crippen molar-refractivity contribution in [2.24, 2.45) is 5.73 Å². The number of hydrogen-bond acceptors (Lipinski definition) is 6. The van der Waals surface area contributed by atoms with Gasteiger partial charge in [0.2, 0.25) is 0 Å². The van der Waals surface area contributed by atoms with Crippen molar-refractivity contribution < 1.29 is 41.3 Å². The number of nitrogens with one attached hydrogen (secondary N) is 1. The number of hydrogen-bond donors (Lipinski definition) is 3. The topological polar surface area (TPSA) is 107 Å². The van der Waals surface area contributed by atoms with E-state index in [-0.39, 0.29) is 41.5 Å². The van der Waals surface area contributed by atoms with E-state index >= 15 is 0 Å². The van der Waals surface area contributed by atoms with Crippen LogP contribution in [0, 0.1) is 5.82 Å². The van der Waals surface area contributed by atoms with Crippen molar-refractivity contribution in [1.29, 1.82) is 0 Å². The van der Waals surface area contributed by atoms with Crippen LogP contribution in [0.3, 0.4) is 0 Å². The van der Waals surface area contributed by atoms with Crippen molar-refractivity contribution in [3.8, 4) is 22.8 Å². The van der Waals surface area contributed by atoms with Gasteiger partial charge in [-0.05, 0) is 67.1 Å². The predicted octanol–water partition coefficient (Wildman–Crippen LogP) is 4.49. The molecule has 2 aromatic carbocycles. The fourth-order valence-corrected chi connectivity index (χ4v) is 3.67. The number of aliphatic hydroxyl groups is 1. The molecule has 0 fully saturated rings. The van der Waals surface area contributed by atoms with Gasteiger partial charge in [-0.1, -0.05) is 0 Å². The molecule has 1 amide bonds. The highest BCUT2D eigenvalue weighted by Crippen LogP contribution is 2.37. The summed E-state index contributed by atoms with van der Waals surface area (Å²) in [6, 6.07) is 11.3. The maximum absolute atomic E-state index is 14.2. The van der Waals surface area contributed by atoms with Crippen molar-refractivity contribution >= 4 is 5.91 Å². The molecule has 0 aliphatic heterocycles. The molecule has 0 aliphatic rings. The van der Waals surface area contributed by atoms with Crippen molar-refractivity contribution in [3.63, 3.8) is 0 Å². The second kappa shape index (κ2) is 12.4. The van der Waals surface area contributed by atoms with E-state index < -0.39 is 48.3 Å². The molecule has 7 nitrogen and oxygen atoms in total. The molecule has 3 aromatic rings. The van der Waals surface area contributed by atoms with Gasteiger partial charge in [0, 0.05) is 17.7 Å². The summed E-state index contributed by atoms with van der Waals surface area (Å²) in [6.45, 7) is -0.898. The molecule has 1 heterocycles. The zero-order valence-corrected chi connectivity index (χ0v) is 21.2. The Bertz CT molecular complexity index is 1280. The number of halogens is 5. The molecule has 2 unspecified atom stereocenters. The van der Waals surface area contributed by atoms with Crippen LogP contribution in [0.25, 0.3) is 11.3 Å². The lowest BCUT2D eigenvalue weighted by molar-refractivity contribution is -0.149. The van der Waals surface area contributed by atoms with Crippen LogP contribution < -0.4 is 20.5 Å². The number of benzene rings is 2. The molecule has 0 bridgehead atoms. The van der Waals surface area contributed by atoms with Gasteiger partial charge in [-0.3, -0.25) is 9.78 Å². The van der Waals surface area contributed by atoms with Gasteiger partial charge in [0.05, 0.1) is 30.6 Å². The summed E-state index contributed by atoms with van der Waals surface area (Å²) < 4.78 is 80.3. The maximum Gasteiger partial charge on any atom is 0.398 e. The lowest BCUT2D eigenvalue weighted by Crippen LogP contribution is -2.37. The molecule has 1 aromatic heterocycles. The van der Waals surface area contributed by atoms with E-state index in [1.807, 2.05) is 0 Å². The number of nitrogens with zero attached hydrogens (tertiary/aromatic N) is 1. The monoisotopic (exact) mass is 553 g/mol. The highest BCUT2D eigenvalue weighted by Gasteiger charge is 2.42. The van der Waals surface area contributed by atoms with E-state index in [0.717, 1.165) is 18.2 Å². The van der Waals surface area contributed by atoms with Crippen molar-refractivity contribution in [3.05, 3.63) is 77.2 Å².